The summed E-state index contributed by atoms with van der Waals surface area (Å²) in [5.41, 5.74) is 1.24. The SMILES string of the molecule is CCCC1CCC(C2=NC(=Cc3cccc(Cl)c3)C(=O)O2)CC1. The molecule has 4 heteroatoms. The maximum Gasteiger partial charge on any atom is 0.363 e. The standard InChI is InChI=1S/C19H22ClNO2/c1-2-4-13-7-9-15(10-8-13)18-21-17(19(22)23-18)12-14-5-3-6-16(20)11-14/h3,5-6,11-13,15H,2,4,7-10H2,1H3. The van der Waals surface area contributed by atoms with E-state index in [4.69, 9.17) is 16.3 Å². The molecule has 0 bridgehead atoms. The van der Waals surface area contributed by atoms with Gasteiger partial charge in [-0.1, -0.05) is 43.5 Å². The summed E-state index contributed by atoms with van der Waals surface area (Å²) < 4.78 is 5.42. The molecule has 1 aromatic carbocycles. The smallest absolute Gasteiger partial charge is 0.363 e. The molecular formula is C19H22ClNO2. The number of benzene rings is 1. The van der Waals surface area contributed by atoms with Gasteiger partial charge in [0.2, 0.25) is 5.90 Å². The molecule has 0 unspecified atom stereocenters. The van der Waals surface area contributed by atoms with Gasteiger partial charge in [0, 0.05) is 10.9 Å². The quantitative estimate of drug-likeness (QED) is 0.558. The van der Waals surface area contributed by atoms with E-state index in [-0.39, 0.29) is 11.9 Å². The molecule has 122 valence electrons. The second kappa shape index (κ2) is 7.31. The fourth-order valence-corrected chi connectivity index (χ4v) is 3.66. The summed E-state index contributed by atoms with van der Waals surface area (Å²) in [4.78, 5) is 16.5. The van der Waals surface area contributed by atoms with Crippen LogP contribution in [-0.4, -0.2) is 11.9 Å². The summed E-state index contributed by atoms with van der Waals surface area (Å²) in [6, 6.07) is 7.37. The first kappa shape index (κ1) is 16.3. The number of hydrogen-bond donors (Lipinski definition) is 0. The second-order valence-electron chi connectivity index (χ2n) is 6.43. The number of carbonyl (C=O) groups is 1. The zero-order valence-electron chi connectivity index (χ0n) is 13.4. The predicted molar refractivity (Wildman–Crippen MR) is 93.3 cm³/mol. The van der Waals surface area contributed by atoms with E-state index in [1.165, 1.54) is 25.7 Å². The molecule has 1 aliphatic heterocycles. The Kier molecular flexibility index (Phi) is 5.16. The Hall–Kier alpha value is -1.61. The van der Waals surface area contributed by atoms with Crippen LogP contribution < -0.4 is 0 Å². The number of carbonyl (C=O) groups excluding carboxylic acids is 1. The highest BCUT2D eigenvalue weighted by atomic mass is 35.5. The Morgan fingerprint density at radius 1 is 1.30 bits per heavy atom. The molecule has 1 heterocycles. The lowest BCUT2D eigenvalue weighted by Crippen LogP contribution is -2.22. The monoisotopic (exact) mass is 331 g/mol. The number of hydrogen-bond acceptors (Lipinski definition) is 3. The zero-order valence-corrected chi connectivity index (χ0v) is 14.2. The number of nitrogens with zero attached hydrogens (tertiary/aromatic N) is 1. The topological polar surface area (TPSA) is 38.7 Å². The summed E-state index contributed by atoms with van der Waals surface area (Å²) >= 11 is 5.98. The van der Waals surface area contributed by atoms with Crippen molar-refractivity contribution in [3.05, 3.63) is 40.5 Å². The molecule has 1 aliphatic carbocycles. The molecule has 1 saturated carbocycles. The number of aliphatic imine (C=N–C) groups is 1. The van der Waals surface area contributed by atoms with Crippen molar-refractivity contribution in [3.8, 4) is 0 Å². The van der Waals surface area contributed by atoms with Crippen molar-refractivity contribution >= 4 is 29.5 Å². The summed E-state index contributed by atoms with van der Waals surface area (Å²) in [7, 11) is 0. The van der Waals surface area contributed by atoms with Crippen molar-refractivity contribution in [1.82, 2.24) is 0 Å². The van der Waals surface area contributed by atoms with Gasteiger partial charge in [-0.3, -0.25) is 0 Å². The van der Waals surface area contributed by atoms with Crippen molar-refractivity contribution < 1.29 is 9.53 Å². The number of esters is 1. The van der Waals surface area contributed by atoms with Gasteiger partial charge in [-0.05, 0) is 55.4 Å². The van der Waals surface area contributed by atoms with Gasteiger partial charge in [0.15, 0.2) is 5.70 Å². The van der Waals surface area contributed by atoms with E-state index in [0.29, 0.717) is 16.6 Å². The van der Waals surface area contributed by atoms with Gasteiger partial charge in [-0.25, -0.2) is 9.79 Å². The third-order valence-electron chi connectivity index (χ3n) is 4.68. The van der Waals surface area contributed by atoms with Crippen molar-refractivity contribution in [1.29, 1.82) is 0 Å². The molecule has 0 aromatic heterocycles. The molecule has 23 heavy (non-hydrogen) atoms. The molecule has 1 aromatic rings. The lowest BCUT2D eigenvalue weighted by atomic mass is 9.80. The maximum atomic E-state index is 12.0. The van der Waals surface area contributed by atoms with Crippen LogP contribution in [0.3, 0.4) is 0 Å². The second-order valence-corrected chi connectivity index (χ2v) is 6.87. The van der Waals surface area contributed by atoms with Crippen LogP contribution in [0.5, 0.6) is 0 Å². The third-order valence-corrected chi connectivity index (χ3v) is 4.92. The summed E-state index contributed by atoms with van der Waals surface area (Å²) in [6.45, 7) is 2.24. The Bertz CT molecular complexity index is 643. The minimum atomic E-state index is -0.351. The van der Waals surface area contributed by atoms with Crippen molar-refractivity contribution in [2.45, 2.75) is 45.4 Å². The van der Waals surface area contributed by atoms with Crippen LogP contribution in [0.25, 0.3) is 6.08 Å². The van der Waals surface area contributed by atoms with Crippen LogP contribution >= 0.6 is 11.6 Å². The number of cyclic esters (lactones) is 1. The summed E-state index contributed by atoms with van der Waals surface area (Å²) in [5.74, 6) is 1.38. The Morgan fingerprint density at radius 2 is 2.09 bits per heavy atom. The first-order valence-corrected chi connectivity index (χ1v) is 8.81. The van der Waals surface area contributed by atoms with Crippen LogP contribution in [0.15, 0.2) is 35.0 Å². The molecule has 0 N–H and O–H groups in total. The van der Waals surface area contributed by atoms with E-state index >= 15 is 0 Å². The van der Waals surface area contributed by atoms with Crippen molar-refractivity contribution in [2.75, 3.05) is 0 Å². The molecule has 0 atom stereocenters. The average Bonchev–Trinajstić information content (AvgIpc) is 2.89. The molecular weight excluding hydrogens is 310 g/mol. The van der Waals surface area contributed by atoms with E-state index in [1.54, 1.807) is 12.1 Å². The lowest BCUT2D eigenvalue weighted by molar-refractivity contribution is -0.130. The highest BCUT2D eigenvalue weighted by Crippen LogP contribution is 2.34. The summed E-state index contributed by atoms with van der Waals surface area (Å²) in [5, 5.41) is 0.643. The van der Waals surface area contributed by atoms with Gasteiger partial charge in [0.25, 0.3) is 0 Å². The van der Waals surface area contributed by atoms with Gasteiger partial charge >= 0.3 is 5.97 Å². The molecule has 0 spiro atoms. The lowest BCUT2D eigenvalue weighted by Gasteiger charge is -2.27. The van der Waals surface area contributed by atoms with E-state index < -0.39 is 0 Å². The number of ether oxygens (including phenoxy) is 1. The van der Waals surface area contributed by atoms with Gasteiger partial charge in [0.1, 0.15) is 0 Å². The van der Waals surface area contributed by atoms with Crippen LogP contribution in [0, 0.1) is 11.8 Å². The Balaban J connectivity index is 1.70. The molecule has 0 saturated heterocycles. The first-order chi connectivity index (χ1) is 11.2. The van der Waals surface area contributed by atoms with Crippen LogP contribution in [0.2, 0.25) is 5.02 Å². The molecule has 0 amide bonds. The van der Waals surface area contributed by atoms with E-state index in [0.717, 1.165) is 24.3 Å². The molecule has 2 aliphatic rings. The van der Waals surface area contributed by atoms with Gasteiger partial charge in [0.05, 0.1) is 0 Å². The van der Waals surface area contributed by atoms with Crippen LogP contribution in [0.4, 0.5) is 0 Å². The minimum Gasteiger partial charge on any atom is -0.406 e. The highest BCUT2D eigenvalue weighted by Gasteiger charge is 2.32. The third kappa shape index (κ3) is 4.03. The summed E-state index contributed by atoms with van der Waals surface area (Å²) in [6.07, 6.45) is 8.86. The first-order valence-electron chi connectivity index (χ1n) is 8.43. The van der Waals surface area contributed by atoms with Gasteiger partial charge in [-0.15, -0.1) is 0 Å². The normalized spacial score (nSPS) is 26.3. The minimum absolute atomic E-state index is 0.289. The fourth-order valence-electron chi connectivity index (χ4n) is 3.46. The fraction of sp³-hybridized carbons (Fsp3) is 0.474. The Labute approximate surface area is 142 Å². The van der Waals surface area contributed by atoms with Gasteiger partial charge < -0.3 is 4.74 Å². The zero-order chi connectivity index (χ0) is 16.2. The van der Waals surface area contributed by atoms with Crippen LogP contribution in [0.1, 0.15) is 51.0 Å². The molecule has 0 radical (unpaired) electrons. The number of halogens is 1. The van der Waals surface area contributed by atoms with Gasteiger partial charge in [-0.2, -0.15) is 0 Å². The molecule has 1 fully saturated rings. The maximum absolute atomic E-state index is 12.0. The largest absolute Gasteiger partial charge is 0.406 e. The van der Waals surface area contributed by atoms with Crippen molar-refractivity contribution in [2.24, 2.45) is 16.8 Å². The van der Waals surface area contributed by atoms with Crippen molar-refractivity contribution in [3.63, 3.8) is 0 Å². The van der Waals surface area contributed by atoms with E-state index in [9.17, 15) is 4.79 Å². The van der Waals surface area contributed by atoms with E-state index in [1.807, 2.05) is 18.2 Å². The van der Waals surface area contributed by atoms with Crippen LogP contribution in [-0.2, 0) is 9.53 Å². The molecule has 3 rings (SSSR count). The number of rotatable bonds is 4. The highest BCUT2D eigenvalue weighted by molar-refractivity contribution is 6.30. The van der Waals surface area contributed by atoms with E-state index in [2.05, 4.69) is 11.9 Å². The average molecular weight is 332 g/mol. The Morgan fingerprint density at radius 3 is 2.78 bits per heavy atom. The predicted octanol–water partition coefficient (Wildman–Crippen LogP) is 5.24. The molecule has 3 nitrogen and oxygen atoms in total.